The van der Waals surface area contributed by atoms with Gasteiger partial charge in [-0.3, -0.25) is 0 Å². The van der Waals surface area contributed by atoms with E-state index in [4.69, 9.17) is 0 Å². The van der Waals surface area contributed by atoms with Gasteiger partial charge in [-0.1, -0.05) is 18.2 Å². The molecule has 0 radical (unpaired) electrons. The number of hydrogen-bond acceptors (Lipinski definition) is 4. The van der Waals surface area contributed by atoms with Crippen LogP contribution in [0, 0.1) is 0 Å². The Hall–Kier alpha value is -2.47. The first kappa shape index (κ1) is 10.5. The summed E-state index contributed by atoms with van der Waals surface area (Å²) in [5, 5.41) is 13.8. The Labute approximate surface area is 111 Å². The summed E-state index contributed by atoms with van der Waals surface area (Å²) in [5.74, 6) is 0. The second-order valence-corrected chi connectivity index (χ2v) is 5.07. The molecule has 4 aromatic rings. The van der Waals surface area contributed by atoms with Crippen molar-refractivity contribution in [3.05, 3.63) is 52.3 Å². The third-order valence-electron chi connectivity index (χ3n) is 3.03. The molecule has 0 amide bonds. The van der Waals surface area contributed by atoms with Crippen molar-refractivity contribution in [2.75, 3.05) is 0 Å². The van der Waals surface area contributed by atoms with E-state index >= 15 is 0 Å². The van der Waals surface area contributed by atoms with Gasteiger partial charge in [-0.2, -0.15) is 14.7 Å². The summed E-state index contributed by atoms with van der Waals surface area (Å²) in [6, 6.07) is 11.8. The van der Waals surface area contributed by atoms with Crippen molar-refractivity contribution in [1.82, 2.24) is 19.8 Å². The van der Waals surface area contributed by atoms with Crippen LogP contribution < -0.4 is 5.69 Å². The van der Waals surface area contributed by atoms with Gasteiger partial charge in [-0.15, -0.1) is 11.3 Å². The first-order valence-electron chi connectivity index (χ1n) is 5.74. The lowest BCUT2D eigenvalue weighted by molar-refractivity contribution is 0.885. The number of fused-ring (bicyclic) bond motifs is 2. The van der Waals surface area contributed by atoms with Gasteiger partial charge in [-0.05, 0) is 18.2 Å². The summed E-state index contributed by atoms with van der Waals surface area (Å²) in [4.78, 5) is 11.5. The molecule has 4 rings (SSSR count). The highest BCUT2D eigenvalue weighted by Crippen LogP contribution is 2.32. The summed E-state index contributed by atoms with van der Waals surface area (Å²) in [5.41, 5.74) is 2.01. The molecule has 3 aromatic heterocycles. The molecule has 3 heterocycles. The van der Waals surface area contributed by atoms with Crippen LogP contribution in [0.5, 0.6) is 0 Å². The van der Waals surface area contributed by atoms with Crippen molar-refractivity contribution in [3.63, 3.8) is 0 Å². The molecule has 0 saturated carbocycles. The average molecular weight is 268 g/mol. The number of H-pyrrole nitrogens is 1. The quantitative estimate of drug-likeness (QED) is 0.576. The Balaban J connectivity index is 2.03. The summed E-state index contributed by atoms with van der Waals surface area (Å²) >= 11 is 1.67. The Morgan fingerprint density at radius 2 is 2.05 bits per heavy atom. The van der Waals surface area contributed by atoms with E-state index in [0.717, 1.165) is 16.6 Å². The first-order valence-corrected chi connectivity index (χ1v) is 6.62. The van der Waals surface area contributed by atoms with Gasteiger partial charge in [0.1, 0.15) is 0 Å². The van der Waals surface area contributed by atoms with E-state index < -0.39 is 0 Å². The molecule has 0 spiro atoms. The molecule has 0 fully saturated rings. The van der Waals surface area contributed by atoms with E-state index in [0.29, 0.717) is 5.65 Å². The van der Waals surface area contributed by atoms with Crippen LogP contribution in [0.1, 0.15) is 0 Å². The lowest BCUT2D eigenvalue weighted by Crippen LogP contribution is -2.12. The number of hydrogen-bond donors (Lipinski definition) is 1. The molecule has 1 N–H and O–H groups in total. The van der Waals surface area contributed by atoms with Gasteiger partial charge in [0.25, 0.3) is 0 Å². The molecular formula is C13H8N4OS. The minimum Gasteiger partial charge on any atom is -0.244 e. The number of aromatic nitrogens is 4. The Morgan fingerprint density at radius 1 is 1.16 bits per heavy atom. The third-order valence-corrected chi connectivity index (χ3v) is 3.99. The highest BCUT2D eigenvalue weighted by Gasteiger charge is 2.09. The molecule has 0 saturated heterocycles. The van der Waals surface area contributed by atoms with Gasteiger partial charge in [0.15, 0.2) is 5.65 Å². The van der Waals surface area contributed by atoms with Crippen molar-refractivity contribution in [1.29, 1.82) is 0 Å². The predicted molar refractivity (Wildman–Crippen MR) is 74.4 cm³/mol. The molecule has 19 heavy (non-hydrogen) atoms. The maximum absolute atomic E-state index is 11.5. The van der Waals surface area contributed by atoms with Crippen LogP contribution in [-0.2, 0) is 0 Å². The highest BCUT2D eigenvalue weighted by molar-refractivity contribution is 7.17. The van der Waals surface area contributed by atoms with Gasteiger partial charge < -0.3 is 0 Å². The van der Waals surface area contributed by atoms with Gasteiger partial charge >= 0.3 is 5.69 Å². The van der Waals surface area contributed by atoms with Gasteiger partial charge in [0, 0.05) is 21.0 Å². The second-order valence-electron chi connectivity index (χ2n) is 4.16. The zero-order valence-corrected chi connectivity index (χ0v) is 10.5. The van der Waals surface area contributed by atoms with Gasteiger partial charge in [-0.25, -0.2) is 9.89 Å². The maximum atomic E-state index is 11.5. The molecule has 1 aromatic carbocycles. The third kappa shape index (κ3) is 1.50. The lowest BCUT2D eigenvalue weighted by atomic mass is 10.1. The predicted octanol–water partition coefficient (Wildman–Crippen LogP) is 2.30. The molecular weight excluding hydrogens is 260 g/mol. The number of benzene rings is 1. The number of thiophene rings is 1. The van der Waals surface area contributed by atoms with Gasteiger partial charge in [0.2, 0.25) is 0 Å². The van der Waals surface area contributed by atoms with Crippen LogP contribution in [0.4, 0.5) is 0 Å². The van der Waals surface area contributed by atoms with Crippen LogP contribution in [0.15, 0.2) is 46.6 Å². The van der Waals surface area contributed by atoms with Gasteiger partial charge in [0.05, 0.1) is 5.69 Å². The van der Waals surface area contributed by atoms with Crippen molar-refractivity contribution in [3.8, 4) is 11.3 Å². The fourth-order valence-electron chi connectivity index (χ4n) is 2.12. The molecule has 6 heteroatoms. The number of rotatable bonds is 1. The summed E-state index contributed by atoms with van der Waals surface area (Å²) in [6.45, 7) is 0. The smallest absolute Gasteiger partial charge is 0.244 e. The van der Waals surface area contributed by atoms with Crippen molar-refractivity contribution < 1.29 is 0 Å². The zero-order valence-electron chi connectivity index (χ0n) is 9.70. The minimum absolute atomic E-state index is 0.323. The number of aromatic amines is 1. The summed E-state index contributed by atoms with van der Waals surface area (Å²) in [6.07, 6.45) is 0. The van der Waals surface area contributed by atoms with Crippen molar-refractivity contribution in [2.24, 2.45) is 0 Å². The number of nitrogens with one attached hydrogen (secondary N) is 1. The maximum Gasteiger partial charge on any atom is 0.364 e. The monoisotopic (exact) mass is 268 g/mol. The largest absolute Gasteiger partial charge is 0.364 e. The Morgan fingerprint density at radius 3 is 3.00 bits per heavy atom. The fraction of sp³-hybridized carbons (Fsp3) is 0. The molecule has 0 aliphatic carbocycles. The van der Waals surface area contributed by atoms with E-state index in [9.17, 15) is 4.79 Å². The van der Waals surface area contributed by atoms with E-state index in [1.807, 2.05) is 18.2 Å². The molecule has 0 aliphatic heterocycles. The van der Waals surface area contributed by atoms with Crippen LogP contribution >= 0.6 is 11.3 Å². The summed E-state index contributed by atoms with van der Waals surface area (Å²) < 4.78 is 2.49. The van der Waals surface area contributed by atoms with E-state index in [1.54, 1.807) is 17.4 Å². The molecule has 0 atom stereocenters. The molecule has 92 valence electrons. The summed E-state index contributed by atoms with van der Waals surface area (Å²) in [7, 11) is 0. The molecule has 0 unspecified atom stereocenters. The number of nitrogens with zero attached hydrogens (tertiary/aromatic N) is 3. The Kier molecular flexibility index (Phi) is 2.07. The van der Waals surface area contributed by atoms with Crippen LogP contribution in [0.2, 0.25) is 0 Å². The minimum atomic E-state index is -0.323. The first-order chi connectivity index (χ1) is 9.33. The van der Waals surface area contributed by atoms with Crippen LogP contribution in [0.25, 0.3) is 27.0 Å². The highest BCUT2D eigenvalue weighted by atomic mass is 32.1. The van der Waals surface area contributed by atoms with E-state index in [1.165, 1.54) is 9.22 Å². The van der Waals surface area contributed by atoms with Crippen molar-refractivity contribution >= 4 is 27.1 Å². The van der Waals surface area contributed by atoms with E-state index in [-0.39, 0.29) is 5.69 Å². The van der Waals surface area contributed by atoms with Crippen LogP contribution in [0.3, 0.4) is 0 Å². The topological polar surface area (TPSA) is 63.0 Å². The molecule has 0 bridgehead atoms. The molecule has 0 aliphatic rings. The van der Waals surface area contributed by atoms with Crippen molar-refractivity contribution in [2.45, 2.75) is 0 Å². The van der Waals surface area contributed by atoms with E-state index in [2.05, 4.69) is 32.8 Å². The Bertz CT molecular complexity index is 950. The fourth-order valence-corrected chi connectivity index (χ4v) is 3.08. The van der Waals surface area contributed by atoms with Crippen LogP contribution in [-0.4, -0.2) is 19.8 Å². The zero-order chi connectivity index (χ0) is 12.8. The normalized spacial score (nSPS) is 11.4. The second kappa shape index (κ2) is 3.76. The SMILES string of the molecule is O=c1[nH]nc2ccc(-c3csc4ccccc34)nn12. The standard InChI is InChI=1S/C13H8N4OS/c18-13-15-14-12-6-5-10(16-17(12)13)9-7-19-11-4-2-1-3-8(9)11/h1-7H,(H,15,18). The molecule has 5 nitrogen and oxygen atoms in total. The average Bonchev–Trinajstić information content (AvgIpc) is 3.03. The lowest BCUT2D eigenvalue weighted by Gasteiger charge is -1.99.